The molecule has 0 N–H and O–H groups in total. The van der Waals surface area contributed by atoms with Gasteiger partial charge in [-0.1, -0.05) is 78.9 Å². The summed E-state index contributed by atoms with van der Waals surface area (Å²) in [7, 11) is 3.21. The summed E-state index contributed by atoms with van der Waals surface area (Å²) in [6, 6.07) is 31.8. The number of methoxy groups -OCH3 is 2. The highest BCUT2D eigenvalue weighted by Crippen LogP contribution is 2.44. The molecule has 0 amide bonds. The van der Waals surface area contributed by atoms with E-state index in [0.717, 1.165) is 49.9 Å². The van der Waals surface area contributed by atoms with Gasteiger partial charge in [0.1, 0.15) is 11.5 Å². The average molecular weight is 499 g/mol. The summed E-state index contributed by atoms with van der Waals surface area (Å²) in [5.74, 6) is 1.13. The minimum Gasteiger partial charge on any atom is -0.497 e. The fraction of sp³-hybridized carbons (Fsp3) is 0.0909. The first kappa shape index (κ1) is 23.5. The lowest BCUT2D eigenvalue weighted by molar-refractivity contribution is 0.398. The Morgan fingerprint density at radius 3 is 2.16 bits per heavy atom. The van der Waals surface area contributed by atoms with E-state index in [4.69, 9.17) is 14.5 Å². The molecular formula is C33H26N2O3. The maximum Gasteiger partial charge on any atom is 0.263 e. The van der Waals surface area contributed by atoms with Crippen LogP contribution in [0.25, 0.3) is 49.7 Å². The summed E-state index contributed by atoms with van der Waals surface area (Å²) in [6.45, 7) is 2.02. The summed E-state index contributed by atoms with van der Waals surface area (Å²) in [5, 5.41) is 2.21. The van der Waals surface area contributed by atoms with Crippen LogP contribution in [0.4, 0.5) is 0 Å². The Labute approximate surface area is 220 Å². The normalized spacial score (nSPS) is 11.1. The third kappa shape index (κ3) is 3.71. The first-order valence-electron chi connectivity index (χ1n) is 12.4. The third-order valence-electron chi connectivity index (χ3n) is 6.96. The van der Waals surface area contributed by atoms with Crippen LogP contribution in [0.2, 0.25) is 0 Å². The molecular weight excluding hydrogens is 472 g/mol. The zero-order valence-corrected chi connectivity index (χ0v) is 21.4. The molecule has 0 saturated carbocycles. The van der Waals surface area contributed by atoms with Crippen LogP contribution in [0.1, 0.15) is 5.56 Å². The van der Waals surface area contributed by atoms with E-state index in [9.17, 15) is 4.79 Å². The van der Waals surface area contributed by atoms with Crippen LogP contribution in [-0.2, 0) is 0 Å². The van der Waals surface area contributed by atoms with Gasteiger partial charge in [0.05, 0.1) is 36.5 Å². The fourth-order valence-corrected chi connectivity index (χ4v) is 5.23. The van der Waals surface area contributed by atoms with Gasteiger partial charge in [0.2, 0.25) is 0 Å². The van der Waals surface area contributed by atoms with Gasteiger partial charge in [0, 0.05) is 28.6 Å². The van der Waals surface area contributed by atoms with E-state index in [1.165, 1.54) is 0 Å². The molecule has 0 unspecified atom stereocenters. The highest BCUT2D eigenvalue weighted by Gasteiger charge is 2.25. The number of aromatic nitrogens is 2. The summed E-state index contributed by atoms with van der Waals surface area (Å²) < 4.78 is 13.3. The molecule has 0 saturated heterocycles. The molecule has 0 radical (unpaired) electrons. The highest BCUT2D eigenvalue weighted by molar-refractivity contribution is 6.07. The standard InChI is InChI=1S/C33H26N2O3/c1-21-16-17-23-15-10-18-34-30(23)31(21)35-32(24-13-8-5-9-14-24)28(22-11-6-4-7-12-22)29-26(33(35)36)19-25(37-2)20-27(29)38-3/h4-20H,1-3H3. The van der Waals surface area contributed by atoms with Gasteiger partial charge >= 0.3 is 0 Å². The van der Waals surface area contributed by atoms with Crippen LogP contribution in [0.3, 0.4) is 0 Å². The largest absolute Gasteiger partial charge is 0.497 e. The molecule has 0 atom stereocenters. The SMILES string of the molecule is COc1cc(OC)c2c(-c3ccccc3)c(-c3ccccc3)n(-c3c(C)ccc4cccnc34)c(=O)c2c1. The summed E-state index contributed by atoms with van der Waals surface area (Å²) in [6.07, 6.45) is 1.77. The van der Waals surface area contributed by atoms with Crippen molar-refractivity contribution in [2.75, 3.05) is 14.2 Å². The molecule has 2 aromatic heterocycles. The Kier molecular flexibility index (Phi) is 5.89. The fourth-order valence-electron chi connectivity index (χ4n) is 5.23. The second-order valence-corrected chi connectivity index (χ2v) is 9.15. The zero-order chi connectivity index (χ0) is 26.2. The molecule has 0 bridgehead atoms. The van der Waals surface area contributed by atoms with E-state index in [2.05, 4.69) is 12.1 Å². The Hall–Kier alpha value is -4.90. The predicted octanol–water partition coefficient (Wildman–Crippen LogP) is 7.20. The number of fused-ring (bicyclic) bond motifs is 2. The van der Waals surface area contributed by atoms with Crippen LogP contribution in [0, 0.1) is 6.92 Å². The van der Waals surface area contributed by atoms with Crippen LogP contribution in [0.15, 0.2) is 108 Å². The lowest BCUT2D eigenvalue weighted by Gasteiger charge is -2.23. The van der Waals surface area contributed by atoms with Gasteiger partial charge in [0.15, 0.2) is 0 Å². The lowest BCUT2D eigenvalue weighted by Crippen LogP contribution is -2.23. The van der Waals surface area contributed by atoms with Crippen molar-refractivity contribution < 1.29 is 9.47 Å². The molecule has 4 aromatic carbocycles. The number of hydrogen-bond donors (Lipinski definition) is 0. The smallest absolute Gasteiger partial charge is 0.263 e. The van der Waals surface area contributed by atoms with Gasteiger partial charge in [-0.2, -0.15) is 0 Å². The minimum absolute atomic E-state index is 0.169. The van der Waals surface area contributed by atoms with Crippen molar-refractivity contribution in [2.24, 2.45) is 0 Å². The Bertz CT molecular complexity index is 1860. The quantitative estimate of drug-likeness (QED) is 0.252. The van der Waals surface area contributed by atoms with Crippen LogP contribution < -0.4 is 15.0 Å². The molecule has 5 nitrogen and oxygen atoms in total. The Morgan fingerprint density at radius 2 is 1.47 bits per heavy atom. The van der Waals surface area contributed by atoms with Crippen molar-refractivity contribution in [1.29, 1.82) is 0 Å². The summed E-state index contributed by atoms with van der Waals surface area (Å²) in [5.41, 5.74) is 5.86. The van der Waals surface area contributed by atoms with Gasteiger partial charge in [0.25, 0.3) is 5.56 Å². The highest BCUT2D eigenvalue weighted by atomic mass is 16.5. The number of ether oxygens (including phenoxy) is 2. The molecule has 5 heteroatoms. The summed E-state index contributed by atoms with van der Waals surface area (Å²) >= 11 is 0. The molecule has 0 aliphatic carbocycles. The Balaban J connectivity index is 1.94. The number of hydrogen-bond acceptors (Lipinski definition) is 4. The van der Waals surface area contributed by atoms with Crippen LogP contribution in [-0.4, -0.2) is 23.8 Å². The summed E-state index contributed by atoms with van der Waals surface area (Å²) in [4.78, 5) is 19.4. The van der Waals surface area contributed by atoms with Crippen LogP contribution >= 0.6 is 0 Å². The van der Waals surface area contributed by atoms with Gasteiger partial charge in [-0.3, -0.25) is 14.3 Å². The number of benzene rings is 4. The number of pyridine rings is 2. The van der Waals surface area contributed by atoms with Crippen molar-refractivity contribution in [3.05, 3.63) is 119 Å². The number of rotatable bonds is 5. The molecule has 0 aliphatic heterocycles. The average Bonchev–Trinajstić information content (AvgIpc) is 2.98. The Morgan fingerprint density at radius 1 is 0.763 bits per heavy atom. The second-order valence-electron chi connectivity index (χ2n) is 9.15. The molecule has 38 heavy (non-hydrogen) atoms. The minimum atomic E-state index is -0.169. The maximum absolute atomic E-state index is 14.7. The molecule has 0 aliphatic rings. The topological polar surface area (TPSA) is 53.4 Å². The van der Waals surface area contributed by atoms with E-state index in [1.54, 1.807) is 26.5 Å². The maximum atomic E-state index is 14.7. The zero-order valence-electron chi connectivity index (χ0n) is 21.4. The van der Waals surface area contributed by atoms with Gasteiger partial charge in [-0.15, -0.1) is 0 Å². The van der Waals surface area contributed by atoms with E-state index in [1.807, 2.05) is 90.4 Å². The number of nitrogens with zero attached hydrogens (tertiary/aromatic N) is 2. The van der Waals surface area contributed by atoms with Crippen molar-refractivity contribution >= 4 is 21.7 Å². The van der Waals surface area contributed by atoms with Gasteiger partial charge in [-0.25, -0.2) is 0 Å². The molecule has 2 heterocycles. The van der Waals surface area contributed by atoms with Crippen molar-refractivity contribution in [3.8, 4) is 39.6 Å². The molecule has 6 aromatic rings. The first-order chi connectivity index (χ1) is 18.6. The van der Waals surface area contributed by atoms with Crippen molar-refractivity contribution in [2.45, 2.75) is 6.92 Å². The second kappa shape index (κ2) is 9.52. The first-order valence-corrected chi connectivity index (χ1v) is 12.4. The molecule has 186 valence electrons. The van der Waals surface area contributed by atoms with Crippen LogP contribution in [0.5, 0.6) is 11.5 Å². The van der Waals surface area contributed by atoms with Gasteiger partial charge in [-0.05, 0) is 35.7 Å². The third-order valence-corrected chi connectivity index (χ3v) is 6.96. The van der Waals surface area contributed by atoms with E-state index < -0.39 is 0 Å². The molecule has 0 spiro atoms. The van der Waals surface area contributed by atoms with E-state index in [-0.39, 0.29) is 5.56 Å². The molecule has 6 rings (SSSR count). The monoisotopic (exact) mass is 498 g/mol. The predicted molar refractivity (Wildman–Crippen MR) is 154 cm³/mol. The lowest BCUT2D eigenvalue weighted by atomic mass is 9.92. The number of aryl methyl sites for hydroxylation is 1. The molecule has 0 fully saturated rings. The van der Waals surface area contributed by atoms with Crippen molar-refractivity contribution in [3.63, 3.8) is 0 Å². The van der Waals surface area contributed by atoms with E-state index in [0.29, 0.717) is 16.9 Å². The van der Waals surface area contributed by atoms with Gasteiger partial charge < -0.3 is 9.47 Å². The van der Waals surface area contributed by atoms with E-state index >= 15 is 0 Å². The van der Waals surface area contributed by atoms with Crippen molar-refractivity contribution in [1.82, 2.24) is 9.55 Å².